The lowest BCUT2D eigenvalue weighted by atomic mass is 9.65. The summed E-state index contributed by atoms with van der Waals surface area (Å²) in [6, 6.07) is 69.8. The van der Waals surface area contributed by atoms with Gasteiger partial charge in [-0.05, 0) is 115 Å². The summed E-state index contributed by atoms with van der Waals surface area (Å²) in [6.45, 7) is 2.41. The van der Waals surface area contributed by atoms with Gasteiger partial charge in [-0.3, -0.25) is 0 Å². The number of rotatable bonds is 2. The van der Waals surface area contributed by atoms with Gasteiger partial charge in [0.1, 0.15) is 11.5 Å². The molecule has 1 heteroatoms. The summed E-state index contributed by atoms with van der Waals surface area (Å²) in [5, 5.41) is 4.86. The highest BCUT2D eigenvalue weighted by molar-refractivity contribution is 5.97. The maximum Gasteiger partial charge on any atom is 0.140 e. The fourth-order valence-corrected chi connectivity index (χ4v) is 10.3. The molecule has 0 saturated heterocycles. The van der Waals surface area contributed by atoms with Crippen molar-refractivity contribution in [3.05, 3.63) is 227 Å². The molecule has 0 saturated carbocycles. The Labute approximate surface area is 314 Å². The van der Waals surface area contributed by atoms with E-state index in [1.54, 1.807) is 0 Å². The summed E-state index contributed by atoms with van der Waals surface area (Å²) < 4.78 is 7.04. The van der Waals surface area contributed by atoms with Crippen molar-refractivity contribution >= 4 is 21.5 Å². The second kappa shape index (κ2) is 10.7. The Hall–Kier alpha value is -6.70. The van der Waals surface area contributed by atoms with Crippen LogP contribution in [0.25, 0.3) is 54.9 Å². The van der Waals surface area contributed by atoms with Gasteiger partial charge in [0.25, 0.3) is 0 Å². The molecule has 3 aliphatic rings. The lowest BCUT2D eigenvalue weighted by Gasteiger charge is -2.40. The standard InChI is InChI=1S/C53H34O/c1-52(38-16-3-2-4-17-38)47-31-36(23-26-42(47)43-29-34-14-5-6-15-35(34)30-48(43)52)37-25-28-50-49(32-37)53(46-27-24-33-13-7-8-18-39(33)51(46)54-50)44-21-11-9-19-40(44)41-20-10-12-22-45(41)53/h2-32H,1H3. The summed E-state index contributed by atoms with van der Waals surface area (Å²) in [4.78, 5) is 0. The van der Waals surface area contributed by atoms with E-state index in [0.717, 1.165) is 16.9 Å². The first-order valence-electron chi connectivity index (χ1n) is 18.9. The van der Waals surface area contributed by atoms with Crippen LogP contribution in [0.3, 0.4) is 0 Å². The Morgan fingerprint density at radius 2 is 0.944 bits per heavy atom. The van der Waals surface area contributed by atoms with Gasteiger partial charge in [0.2, 0.25) is 0 Å². The minimum atomic E-state index is -0.540. The van der Waals surface area contributed by atoms with E-state index in [1.165, 1.54) is 88.5 Å². The zero-order valence-electron chi connectivity index (χ0n) is 29.8. The van der Waals surface area contributed by atoms with E-state index in [1.807, 2.05) is 0 Å². The molecule has 54 heavy (non-hydrogen) atoms. The number of hydrogen-bond acceptors (Lipinski definition) is 1. The molecule has 1 nitrogen and oxygen atoms in total. The minimum absolute atomic E-state index is 0.312. The Morgan fingerprint density at radius 1 is 0.370 bits per heavy atom. The van der Waals surface area contributed by atoms with Crippen LogP contribution in [-0.2, 0) is 10.8 Å². The van der Waals surface area contributed by atoms with Gasteiger partial charge in [0, 0.05) is 21.9 Å². The summed E-state index contributed by atoms with van der Waals surface area (Å²) in [6.07, 6.45) is 0. The number of ether oxygens (including phenoxy) is 1. The van der Waals surface area contributed by atoms with Gasteiger partial charge in [0.15, 0.2) is 0 Å². The topological polar surface area (TPSA) is 9.23 Å². The maximum atomic E-state index is 7.04. The molecule has 0 radical (unpaired) electrons. The Balaban J connectivity index is 1.11. The second-order valence-electron chi connectivity index (χ2n) is 15.3. The average Bonchev–Trinajstić information content (AvgIpc) is 3.67. The Bertz CT molecular complexity index is 3000. The number of fused-ring (bicyclic) bond motifs is 15. The molecule has 0 amide bonds. The van der Waals surface area contributed by atoms with Crippen LogP contribution >= 0.6 is 0 Å². The highest BCUT2D eigenvalue weighted by Crippen LogP contribution is 2.63. The molecule has 0 aromatic heterocycles. The predicted molar refractivity (Wildman–Crippen MR) is 222 cm³/mol. The first-order chi connectivity index (χ1) is 26.6. The van der Waals surface area contributed by atoms with Crippen molar-refractivity contribution in [2.75, 3.05) is 0 Å². The fourth-order valence-electron chi connectivity index (χ4n) is 10.3. The molecule has 1 aliphatic heterocycles. The lowest BCUT2D eigenvalue weighted by Crippen LogP contribution is -2.32. The van der Waals surface area contributed by atoms with Gasteiger partial charge < -0.3 is 4.74 Å². The van der Waals surface area contributed by atoms with Crippen LogP contribution in [0.2, 0.25) is 0 Å². The molecule has 1 atom stereocenters. The highest BCUT2D eigenvalue weighted by Gasteiger charge is 2.51. The van der Waals surface area contributed by atoms with Crippen molar-refractivity contribution in [1.29, 1.82) is 0 Å². The van der Waals surface area contributed by atoms with Crippen molar-refractivity contribution in [3.63, 3.8) is 0 Å². The molecule has 252 valence electrons. The van der Waals surface area contributed by atoms with Gasteiger partial charge in [-0.25, -0.2) is 0 Å². The lowest BCUT2D eigenvalue weighted by molar-refractivity contribution is 0.442. The molecular weight excluding hydrogens is 653 g/mol. The van der Waals surface area contributed by atoms with E-state index in [0.29, 0.717) is 0 Å². The van der Waals surface area contributed by atoms with Crippen LogP contribution in [0.15, 0.2) is 188 Å². The highest BCUT2D eigenvalue weighted by atomic mass is 16.5. The molecule has 2 aliphatic carbocycles. The molecule has 9 aromatic rings. The Kier molecular flexibility index (Phi) is 5.90. The van der Waals surface area contributed by atoms with E-state index in [2.05, 4.69) is 195 Å². The van der Waals surface area contributed by atoms with Crippen LogP contribution in [0.4, 0.5) is 0 Å². The summed E-state index contributed by atoms with van der Waals surface area (Å²) in [5.41, 5.74) is 15.7. The monoisotopic (exact) mass is 686 g/mol. The van der Waals surface area contributed by atoms with Crippen molar-refractivity contribution in [2.45, 2.75) is 17.8 Å². The quantitative estimate of drug-likeness (QED) is 0.176. The summed E-state index contributed by atoms with van der Waals surface area (Å²) >= 11 is 0. The normalized spacial score (nSPS) is 16.6. The van der Waals surface area contributed by atoms with Crippen molar-refractivity contribution in [3.8, 4) is 44.9 Å². The summed E-state index contributed by atoms with van der Waals surface area (Å²) in [7, 11) is 0. The van der Waals surface area contributed by atoms with Crippen LogP contribution in [0, 0.1) is 0 Å². The van der Waals surface area contributed by atoms with Crippen molar-refractivity contribution in [2.24, 2.45) is 0 Å². The molecule has 9 aromatic carbocycles. The zero-order chi connectivity index (χ0) is 35.6. The average molecular weight is 687 g/mol. The molecule has 0 N–H and O–H groups in total. The molecule has 12 rings (SSSR count). The third kappa shape index (κ3) is 3.73. The van der Waals surface area contributed by atoms with E-state index in [4.69, 9.17) is 4.74 Å². The fraction of sp³-hybridized carbons (Fsp3) is 0.0566. The van der Waals surface area contributed by atoms with E-state index in [9.17, 15) is 0 Å². The van der Waals surface area contributed by atoms with Crippen molar-refractivity contribution in [1.82, 2.24) is 0 Å². The number of hydrogen-bond donors (Lipinski definition) is 0. The molecular formula is C53H34O. The predicted octanol–water partition coefficient (Wildman–Crippen LogP) is 13.5. The zero-order valence-corrected chi connectivity index (χ0v) is 29.8. The molecule has 1 unspecified atom stereocenters. The van der Waals surface area contributed by atoms with Gasteiger partial charge in [-0.2, -0.15) is 0 Å². The SMILES string of the molecule is CC1(c2ccccc2)c2cc(-c3ccc4c(c3)C3(c5ccccc5-c5ccccc53)c3ccc5ccccc5c3O4)ccc2-c2cc3ccccc3cc21. The number of benzene rings is 9. The van der Waals surface area contributed by atoms with Crippen LogP contribution in [0.5, 0.6) is 11.5 Å². The molecule has 1 spiro atoms. The third-order valence-corrected chi connectivity index (χ3v) is 12.8. The van der Waals surface area contributed by atoms with E-state index >= 15 is 0 Å². The van der Waals surface area contributed by atoms with Gasteiger partial charge >= 0.3 is 0 Å². The third-order valence-electron chi connectivity index (χ3n) is 12.8. The Morgan fingerprint density at radius 3 is 1.70 bits per heavy atom. The smallest absolute Gasteiger partial charge is 0.140 e. The molecule has 0 bridgehead atoms. The van der Waals surface area contributed by atoms with Crippen LogP contribution < -0.4 is 4.74 Å². The van der Waals surface area contributed by atoms with Crippen LogP contribution in [-0.4, -0.2) is 0 Å². The van der Waals surface area contributed by atoms with Gasteiger partial charge in [0.05, 0.1) is 5.41 Å². The second-order valence-corrected chi connectivity index (χ2v) is 15.3. The van der Waals surface area contributed by atoms with E-state index in [-0.39, 0.29) is 5.41 Å². The minimum Gasteiger partial charge on any atom is -0.456 e. The van der Waals surface area contributed by atoms with Gasteiger partial charge in [-0.1, -0.05) is 158 Å². The maximum absolute atomic E-state index is 7.04. The molecule has 1 heterocycles. The van der Waals surface area contributed by atoms with E-state index < -0.39 is 5.41 Å². The molecule has 0 fully saturated rings. The largest absolute Gasteiger partial charge is 0.456 e. The first kappa shape index (κ1) is 29.8. The van der Waals surface area contributed by atoms with Crippen molar-refractivity contribution < 1.29 is 4.74 Å². The van der Waals surface area contributed by atoms with Crippen LogP contribution in [0.1, 0.15) is 45.9 Å². The summed E-state index contributed by atoms with van der Waals surface area (Å²) in [5.74, 6) is 1.85. The van der Waals surface area contributed by atoms with Gasteiger partial charge in [-0.15, -0.1) is 0 Å². The first-order valence-corrected chi connectivity index (χ1v) is 18.9.